The van der Waals surface area contributed by atoms with Gasteiger partial charge in [0.15, 0.2) is 0 Å². The number of hydrogen-bond acceptors (Lipinski definition) is 4. The zero-order valence-corrected chi connectivity index (χ0v) is 15.9. The molecule has 0 unspecified atom stereocenters. The van der Waals surface area contributed by atoms with Crippen molar-refractivity contribution in [3.05, 3.63) is 52.2 Å². The zero-order valence-electron chi connectivity index (χ0n) is 15.1. The standard InChI is InChI=1S/C20H23N3O3S/c24-18(23-12-4-1-5-13-23)10-11-21-19(25)15-7-2-3-8-16(15)22-20(26)17-9-6-14-27-17/h2-3,6-9,14H,1,4-5,10-13H2,(H,21,25)(H,22,26). The molecule has 0 atom stereocenters. The van der Waals surface area contributed by atoms with Crippen LogP contribution in [0.2, 0.25) is 0 Å². The van der Waals surface area contributed by atoms with Crippen LogP contribution in [0.25, 0.3) is 0 Å². The van der Waals surface area contributed by atoms with Crippen LogP contribution in [-0.4, -0.2) is 42.3 Å². The second kappa shape index (κ2) is 9.32. The highest BCUT2D eigenvalue weighted by atomic mass is 32.1. The van der Waals surface area contributed by atoms with Crippen LogP contribution < -0.4 is 10.6 Å². The molecule has 2 N–H and O–H groups in total. The molecule has 1 saturated heterocycles. The average molecular weight is 385 g/mol. The molecular formula is C20H23N3O3S. The minimum absolute atomic E-state index is 0.0780. The topological polar surface area (TPSA) is 78.5 Å². The molecular weight excluding hydrogens is 362 g/mol. The molecule has 0 spiro atoms. The normalized spacial score (nSPS) is 13.9. The minimum atomic E-state index is -0.302. The van der Waals surface area contributed by atoms with Crippen molar-refractivity contribution in [3.8, 4) is 0 Å². The quantitative estimate of drug-likeness (QED) is 0.802. The van der Waals surface area contributed by atoms with E-state index in [0.717, 1.165) is 25.9 Å². The first-order valence-electron chi connectivity index (χ1n) is 9.15. The van der Waals surface area contributed by atoms with Crippen LogP contribution in [0.3, 0.4) is 0 Å². The Labute approximate surface area is 162 Å². The van der Waals surface area contributed by atoms with Gasteiger partial charge in [-0.15, -0.1) is 11.3 Å². The van der Waals surface area contributed by atoms with E-state index in [4.69, 9.17) is 0 Å². The lowest BCUT2D eigenvalue weighted by atomic mass is 10.1. The van der Waals surface area contributed by atoms with Gasteiger partial charge in [-0.3, -0.25) is 14.4 Å². The predicted octanol–water partition coefficient (Wildman–Crippen LogP) is 3.13. The number of benzene rings is 1. The number of hydrogen-bond donors (Lipinski definition) is 2. The molecule has 142 valence electrons. The van der Waals surface area contributed by atoms with E-state index in [-0.39, 0.29) is 30.7 Å². The van der Waals surface area contributed by atoms with Gasteiger partial charge in [-0.1, -0.05) is 18.2 Å². The first kappa shape index (κ1) is 19.1. The van der Waals surface area contributed by atoms with Crippen molar-refractivity contribution < 1.29 is 14.4 Å². The molecule has 7 heteroatoms. The summed E-state index contributed by atoms with van der Waals surface area (Å²) in [5.74, 6) is -0.469. The fourth-order valence-electron chi connectivity index (χ4n) is 3.06. The summed E-state index contributed by atoms with van der Waals surface area (Å²) in [5.41, 5.74) is 0.837. The maximum Gasteiger partial charge on any atom is 0.265 e. The van der Waals surface area contributed by atoms with E-state index in [1.165, 1.54) is 17.8 Å². The first-order valence-corrected chi connectivity index (χ1v) is 10.0. The van der Waals surface area contributed by atoms with Crippen LogP contribution in [0, 0.1) is 0 Å². The lowest BCUT2D eigenvalue weighted by molar-refractivity contribution is -0.131. The van der Waals surface area contributed by atoms with Crippen molar-refractivity contribution in [3.63, 3.8) is 0 Å². The molecule has 1 fully saturated rings. The fourth-order valence-corrected chi connectivity index (χ4v) is 3.68. The molecule has 1 aromatic heterocycles. The summed E-state index contributed by atoms with van der Waals surface area (Å²) in [6.45, 7) is 1.90. The van der Waals surface area contributed by atoms with E-state index in [9.17, 15) is 14.4 Å². The third-order valence-corrected chi connectivity index (χ3v) is 5.37. The SMILES string of the molecule is O=C(Nc1ccccc1C(=O)NCCC(=O)N1CCCCC1)c1cccs1. The minimum Gasteiger partial charge on any atom is -0.351 e. The van der Waals surface area contributed by atoms with Crippen molar-refractivity contribution in [2.45, 2.75) is 25.7 Å². The van der Waals surface area contributed by atoms with Gasteiger partial charge in [0.25, 0.3) is 11.8 Å². The van der Waals surface area contributed by atoms with Gasteiger partial charge in [0.1, 0.15) is 0 Å². The monoisotopic (exact) mass is 385 g/mol. The van der Waals surface area contributed by atoms with Gasteiger partial charge in [0, 0.05) is 26.1 Å². The molecule has 0 bridgehead atoms. The van der Waals surface area contributed by atoms with E-state index < -0.39 is 0 Å². The number of thiophene rings is 1. The third-order valence-electron chi connectivity index (χ3n) is 4.50. The van der Waals surface area contributed by atoms with Crippen LogP contribution in [0.4, 0.5) is 5.69 Å². The van der Waals surface area contributed by atoms with E-state index >= 15 is 0 Å². The van der Waals surface area contributed by atoms with Crippen LogP contribution in [0.5, 0.6) is 0 Å². The van der Waals surface area contributed by atoms with Gasteiger partial charge < -0.3 is 15.5 Å². The molecule has 0 aliphatic carbocycles. The van der Waals surface area contributed by atoms with Crippen LogP contribution in [-0.2, 0) is 4.79 Å². The molecule has 3 rings (SSSR count). The number of nitrogens with one attached hydrogen (secondary N) is 2. The van der Waals surface area contributed by atoms with Gasteiger partial charge in [0.05, 0.1) is 16.1 Å². The molecule has 1 aromatic carbocycles. The number of likely N-dealkylation sites (tertiary alicyclic amines) is 1. The molecule has 0 radical (unpaired) electrons. The molecule has 27 heavy (non-hydrogen) atoms. The Morgan fingerprint density at radius 2 is 1.74 bits per heavy atom. The molecule has 0 saturated carbocycles. The molecule has 2 heterocycles. The number of anilines is 1. The number of carbonyl (C=O) groups is 3. The van der Waals surface area contributed by atoms with E-state index in [1.807, 2.05) is 10.3 Å². The Kier molecular flexibility index (Phi) is 6.59. The molecule has 1 aliphatic heterocycles. The van der Waals surface area contributed by atoms with Crippen molar-refractivity contribution >= 4 is 34.7 Å². The number of rotatable bonds is 6. The molecule has 2 aromatic rings. The summed E-state index contributed by atoms with van der Waals surface area (Å²) in [6, 6.07) is 10.4. The number of para-hydroxylation sites is 1. The van der Waals surface area contributed by atoms with Crippen molar-refractivity contribution in [1.82, 2.24) is 10.2 Å². The second-order valence-electron chi connectivity index (χ2n) is 6.42. The molecule has 1 aliphatic rings. The summed E-state index contributed by atoms with van der Waals surface area (Å²) >= 11 is 1.34. The van der Waals surface area contributed by atoms with Crippen molar-refractivity contribution in [2.75, 3.05) is 25.0 Å². The van der Waals surface area contributed by atoms with Gasteiger partial charge in [0.2, 0.25) is 5.91 Å². The van der Waals surface area contributed by atoms with Gasteiger partial charge in [-0.2, -0.15) is 0 Å². The number of amides is 3. The number of piperidine rings is 1. The highest BCUT2D eigenvalue weighted by molar-refractivity contribution is 7.12. The highest BCUT2D eigenvalue weighted by Crippen LogP contribution is 2.18. The van der Waals surface area contributed by atoms with E-state index in [1.54, 1.807) is 36.4 Å². The Bertz CT molecular complexity index is 799. The Morgan fingerprint density at radius 1 is 0.963 bits per heavy atom. The Hall–Kier alpha value is -2.67. The molecule has 3 amide bonds. The lowest BCUT2D eigenvalue weighted by Crippen LogP contribution is -2.37. The lowest BCUT2D eigenvalue weighted by Gasteiger charge is -2.26. The Morgan fingerprint density at radius 3 is 2.48 bits per heavy atom. The van der Waals surface area contributed by atoms with Crippen LogP contribution in [0.1, 0.15) is 45.7 Å². The summed E-state index contributed by atoms with van der Waals surface area (Å²) in [5, 5.41) is 7.39. The number of nitrogens with zero attached hydrogens (tertiary/aromatic N) is 1. The van der Waals surface area contributed by atoms with Crippen molar-refractivity contribution in [1.29, 1.82) is 0 Å². The third kappa shape index (κ3) is 5.17. The largest absolute Gasteiger partial charge is 0.351 e. The smallest absolute Gasteiger partial charge is 0.265 e. The van der Waals surface area contributed by atoms with Crippen LogP contribution >= 0.6 is 11.3 Å². The summed E-state index contributed by atoms with van der Waals surface area (Å²) in [4.78, 5) is 39.4. The second-order valence-corrected chi connectivity index (χ2v) is 7.37. The zero-order chi connectivity index (χ0) is 19.1. The van der Waals surface area contributed by atoms with Gasteiger partial charge >= 0.3 is 0 Å². The maximum absolute atomic E-state index is 12.5. The maximum atomic E-state index is 12.5. The molecule has 6 nitrogen and oxygen atoms in total. The van der Waals surface area contributed by atoms with E-state index in [0.29, 0.717) is 16.1 Å². The Balaban J connectivity index is 1.55. The van der Waals surface area contributed by atoms with Crippen molar-refractivity contribution in [2.24, 2.45) is 0 Å². The number of carbonyl (C=O) groups excluding carboxylic acids is 3. The predicted molar refractivity (Wildman–Crippen MR) is 106 cm³/mol. The van der Waals surface area contributed by atoms with Gasteiger partial charge in [-0.25, -0.2) is 0 Å². The van der Waals surface area contributed by atoms with Crippen LogP contribution in [0.15, 0.2) is 41.8 Å². The van der Waals surface area contributed by atoms with Gasteiger partial charge in [-0.05, 0) is 42.8 Å². The first-order chi connectivity index (χ1) is 13.1. The summed E-state index contributed by atoms with van der Waals surface area (Å²) in [6.07, 6.45) is 3.56. The summed E-state index contributed by atoms with van der Waals surface area (Å²) in [7, 11) is 0. The fraction of sp³-hybridized carbons (Fsp3) is 0.350. The summed E-state index contributed by atoms with van der Waals surface area (Å²) < 4.78 is 0. The average Bonchev–Trinajstić information content (AvgIpc) is 3.24. The highest BCUT2D eigenvalue weighted by Gasteiger charge is 2.17. The van der Waals surface area contributed by atoms with E-state index in [2.05, 4.69) is 10.6 Å².